The topological polar surface area (TPSA) is 40.6 Å². The second-order valence-electron chi connectivity index (χ2n) is 9.54. The van der Waals surface area contributed by atoms with Crippen LogP contribution in [0.1, 0.15) is 48.1 Å². The summed E-state index contributed by atoms with van der Waals surface area (Å²) in [6.45, 7) is 14.1. The number of hydrogen-bond donors (Lipinski definition) is 0. The van der Waals surface area contributed by atoms with Crippen LogP contribution in [0.3, 0.4) is 0 Å². The average Bonchev–Trinajstić information content (AvgIpc) is 2.96. The molecule has 4 rings (SSSR count). The van der Waals surface area contributed by atoms with Crippen LogP contribution in [0.5, 0.6) is 0 Å². The van der Waals surface area contributed by atoms with Gasteiger partial charge in [-0.15, -0.1) is 0 Å². The molecule has 4 heteroatoms. The first kappa shape index (κ1) is 21.4. The van der Waals surface area contributed by atoms with Crippen LogP contribution < -0.4 is 4.90 Å². The van der Waals surface area contributed by atoms with Gasteiger partial charge in [0.15, 0.2) is 0 Å². The fraction of sp³-hybridized carbons (Fsp3) is 0.407. The summed E-state index contributed by atoms with van der Waals surface area (Å²) in [5.74, 6) is 0.542. The summed E-state index contributed by atoms with van der Waals surface area (Å²) in [7, 11) is 0. The zero-order chi connectivity index (χ0) is 22.4. The third-order valence-corrected chi connectivity index (χ3v) is 6.86. The fourth-order valence-corrected chi connectivity index (χ4v) is 5.01. The number of hydrogen-bond acceptors (Lipinski definition) is 3. The molecule has 2 atom stereocenters. The molecule has 0 aromatic heterocycles. The van der Waals surface area contributed by atoms with Gasteiger partial charge in [-0.3, -0.25) is 9.59 Å². The number of anilines is 1. The van der Waals surface area contributed by atoms with Gasteiger partial charge in [0.2, 0.25) is 0 Å². The van der Waals surface area contributed by atoms with Crippen molar-refractivity contribution in [3.05, 3.63) is 69.9 Å². The molecule has 2 unspecified atom stereocenters. The smallest absolute Gasteiger partial charge is 0.282 e. The molecule has 2 heterocycles. The number of piperidine rings is 1. The van der Waals surface area contributed by atoms with Gasteiger partial charge in [0.25, 0.3) is 11.8 Å². The van der Waals surface area contributed by atoms with Gasteiger partial charge in [-0.2, -0.15) is 0 Å². The minimum absolute atomic E-state index is 0.201. The van der Waals surface area contributed by atoms with Crippen molar-refractivity contribution in [3.63, 3.8) is 0 Å². The molecule has 0 radical (unpaired) electrons. The van der Waals surface area contributed by atoms with Gasteiger partial charge < -0.3 is 4.90 Å². The maximum Gasteiger partial charge on any atom is 0.282 e. The highest BCUT2D eigenvalue weighted by molar-refractivity contribution is 6.45. The predicted octanol–water partition coefficient (Wildman–Crippen LogP) is 5.18. The molecule has 2 aliphatic heterocycles. The van der Waals surface area contributed by atoms with Gasteiger partial charge in [-0.05, 0) is 79.8 Å². The molecular formula is C27H32N2O2. The highest BCUT2D eigenvalue weighted by Crippen LogP contribution is 2.38. The Morgan fingerprint density at radius 3 is 2.13 bits per heavy atom. The SMILES string of the molecule is Cc1ccc(C2=C(N3CC(C)CC(C)C3)C(=O)N(c3cccc(C)c3C)C2=O)cc1C. The Balaban J connectivity index is 1.89. The first-order chi connectivity index (χ1) is 14.7. The number of amides is 2. The van der Waals surface area contributed by atoms with Crippen molar-refractivity contribution in [2.45, 2.75) is 48.0 Å². The van der Waals surface area contributed by atoms with E-state index in [2.05, 4.69) is 25.7 Å². The zero-order valence-electron chi connectivity index (χ0n) is 19.5. The van der Waals surface area contributed by atoms with E-state index in [1.54, 1.807) is 0 Å². The molecule has 0 saturated carbocycles. The molecule has 2 aliphatic rings. The monoisotopic (exact) mass is 416 g/mol. The number of imide groups is 1. The van der Waals surface area contributed by atoms with Crippen molar-refractivity contribution in [2.24, 2.45) is 11.8 Å². The Labute approximate surface area is 185 Å². The van der Waals surface area contributed by atoms with Crippen LogP contribution >= 0.6 is 0 Å². The highest BCUT2D eigenvalue weighted by Gasteiger charge is 2.44. The molecule has 1 saturated heterocycles. The van der Waals surface area contributed by atoms with Crippen LogP contribution in [0.25, 0.3) is 5.57 Å². The van der Waals surface area contributed by atoms with Crippen LogP contribution in [-0.4, -0.2) is 29.8 Å². The summed E-state index contributed by atoms with van der Waals surface area (Å²) in [5, 5.41) is 0. The number of carbonyl (C=O) groups excluding carboxylic acids is 2. The van der Waals surface area contributed by atoms with Gasteiger partial charge in [0.1, 0.15) is 5.70 Å². The molecule has 31 heavy (non-hydrogen) atoms. The highest BCUT2D eigenvalue weighted by atomic mass is 16.2. The summed E-state index contributed by atoms with van der Waals surface area (Å²) in [4.78, 5) is 31.2. The van der Waals surface area contributed by atoms with Gasteiger partial charge in [0.05, 0.1) is 11.3 Å². The number of nitrogens with zero attached hydrogens (tertiary/aromatic N) is 2. The lowest BCUT2D eigenvalue weighted by Crippen LogP contribution is -2.42. The molecule has 0 spiro atoms. The minimum Gasteiger partial charge on any atom is -0.366 e. The van der Waals surface area contributed by atoms with Crippen molar-refractivity contribution in [1.82, 2.24) is 4.90 Å². The summed E-state index contributed by atoms with van der Waals surface area (Å²) in [5.41, 5.74) is 6.94. The molecule has 2 aromatic carbocycles. The van der Waals surface area contributed by atoms with Gasteiger partial charge >= 0.3 is 0 Å². The van der Waals surface area contributed by atoms with Crippen LogP contribution in [0, 0.1) is 39.5 Å². The van der Waals surface area contributed by atoms with Crippen LogP contribution in [0.2, 0.25) is 0 Å². The minimum atomic E-state index is -0.220. The van der Waals surface area contributed by atoms with Gasteiger partial charge in [-0.25, -0.2) is 4.90 Å². The maximum atomic E-state index is 13.8. The molecule has 0 aliphatic carbocycles. The lowest BCUT2D eigenvalue weighted by atomic mass is 9.90. The lowest BCUT2D eigenvalue weighted by Gasteiger charge is -2.37. The summed E-state index contributed by atoms with van der Waals surface area (Å²) in [6, 6.07) is 11.9. The molecule has 2 amide bonds. The van der Waals surface area contributed by atoms with Crippen molar-refractivity contribution >= 4 is 23.1 Å². The molecule has 4 nitrogen and oxygen atoms in total. The third-order valence-electron chi connectivity index (χ3n) is 6.86. The van der Waals surface area contributed by atoms with E-state index in [0.29, 0.717) is 28.8 Å². The average molecular weight is 417 g/mol. The molecule has 0 N–H and O–H groups in total. The van der Waals surface area contributed by atoms with E-state index in [0.717, 1.165) is 41.8 Å². The number of rotatable bonds is 3. The van der Waals surface area contributed by atoms with E-state index in [4.69, 9.17) is 0 Å². The Morgan fingerprint density at radius 2 is 1.48 bits per heavy atom. The molecular weight excluding hydrogens is 384 g/mol. The Bertz CT molecular complexity index is 1090. The van der Waals surface area contributed by atoms with E-state index in [1.165, 1.54) is 10.5 Å². The lowest BCUT2D eigenvalue weighted by molar-refractivity contribution is -0.120. The molecule has 2 aromatic rings. The van der Waals surface area contributed by atoms with E-state index in [-0.39, 0.29) is 11.8 Å². The zero-order valence-corrected chi connectivity index (χ0v) is 19.5. The largest absolute Gasteiger partial charge is 0.366 e. The van der Waals surface area contributed by atoms with Crippen LogP contribution in [0.15, 0.2) is 42.1 Å². The first-order valence-electron chi connectivity index (χ1n) is 11.2. The Kier molecular flexibility index (Phi) is 5.50. The molecule has 1 fully saturated rings. The maximum absolute atomic E-state index is 13.8. The van der Waals surface area contributed by atoms with Crippen molar-refractivity contribution < 1.29 is 9.59 Å². The van der Waals surface area contributed by atoms with E-state index >= 15 is 0 Å². The van der Waals surface area contributed by atoms with Crippen molar-refractivity contribution in [1.29, 1.82) is 0 Å². The summed E-state index contributed by atoms with van der Waals surface area (Å²) < 4.78 is 0. The van der Waals surface area contributed by atoms with E-state index in [1.807, 2.05) is 57.2 Å². The third kappa shape index (κ3) is 3.69. The van der Waals surface area contributed by atoms with Crippen molar-refractivity contribution in [3.8, 4) is 0 Å². The second-order valence-corrected chi connectivity index (χ2v) is 9.54. The van der Waals surface area contributed by atoms with E-state index in [9.17, 15) is 9.59 Å². The number of benzene rings is 2. The number of carbonyl (C=O) groups is 2. The fourth-order valence-electron chi connectivity index (χ4n) is 5.01. The standard InChI is InChI=1S/C27H32N2O2/c1-16-12-17(2)15-28(14-16)25-24(22-11-10-18(3)20(5)13-22)26(30)29(27(25)31)23-9-7-8-19(4)21(23)6/h7-11,13,16-17H,12,14-15H2,1-6H3. The van der Waals surface area contributed by atoms with E-state index < -0.39 is 0 Å². The van der Waals surface area contributed by atoms with Crippen LogP contribution in [-0.2, 0) is 9.59 Å². The number of likely N-dealkylation sites (tertiary alicyclic amines) is 1. The molecule has 162 valence electrons. The normalized spacial score (nSPS) is 22.0. The van der Waals surface area contributed by atoms with Crippen LogP contribution in [0.4, 0.5) is 5.69 Å². The van der Waals surface area contributed by atoms with Gasteiger partial charge in [-0.1, -0.05) is 44.2 Å². The summed E-state index contributed by atoms with van der Waals surface area (Å²) in [6.07, 6.45) is 1.14. The Morgan fingerprint density at radius 1 is 0.806 bits per heavy atom. The Hall–Kier alpha value is -2.88. The predicted molar refractivity (Wildman–Crippen MR) is 126 cm³/mol. The molecule has 0 bridgehead atoms. The summed E-state index contributed by atoms with van der Waals surface area (Å²) >= 11 is 0. The number of aryl methyl sites for hydroxylation is 3. The first-order valence-corrected chi connectivity index (χ1v) is 11.2. The van der Waals surface area contributed by atoms with Crippen molar-refractivity contribution in [2.75, 3.05) is 18.0 Å². The van der Waals surface area contributed by atoms with Gasteiger partial charge in [0, 0.05) is 13.1 Å². The quantitative estimate of drug-likeness (QED) is 0.647. The second kappa shape index (κ2) is 7.99.